The molecule has 0 amide bonds. The summed E-state index contributed by atoms with van der Waals surface area (Å²) in [5.74, 6) is 1.63. The van der Waals surface area contributed by atoms with E-state index in [0.29, 0.717) is 48.6 Å². The van der Waals surface area contributed by atoms with E-state index >= 15 is 0 Å². The van der Waals surface area contributed by atoms with Gasteiger partial charge in [0.1, 0.15) is 29.1 Å². The highest BCUT2D eigenvalue weighted by atomic mass is 35.5. The predicted molar refractivity (Wildman–Crippen MR) is 149 cm³/mol. The van der Waals surface area contributed by atoms with Crippen molar-refractivity contribution in [3.8, 4) is 22.8 Å². The molecule has 5 rings (SSSR count). The Kier molecular flexibility index (Phi) is 7.45. The molecular weight excluding hydrogens is 540 g/mol. The monoisotopic (exact) mass is 564 g/mol. The lowest BCUT2D eigenvalue weighted by atomic mass is 9.95. The minimum Gasteiger partial charge on any atom is -0.497 e. The second-order valence-electron chi connectivity index (χ2n) is 8.62. The number of furan rings is 1. The Labute approximate surface area is 233 Å². The summed E-state index contributed by atoms with van der Waals surface area (Å²) in [6.45, 7) is 3.64. The number of halogens is 1. The van der Waals surface area contributed by atoms with Crippen LogP contribution in [-0.4, -0.2) is 31.4 Å². The second-order valence-corrected chi connectivity index (χ2v) is 10.1. The molecular formula is C29H25ClN2O6S. The summed E-state index contributed by atoms with van der Waals surface area (Å²) in [6.07, 6.45) is 1.67. The first-order chi connectivity index (χ1) is 18.8. The standard InChI is InChI=1S/C29H25ClN2O6S/c1-5-37-28(34)25-16(2)31-29-32(26(25)21-14-19(35-3)10-13-23(21)36-4)27(33)24(39-29)15-20-11-12-22(38-20)17-6-8-18(30)9-7-17/h6-15,26H,5H2,1-4H3/b24-15+/t26-/m1/s1. The number of ether oxygens (including phenoxy) is 3. The van der Waals surface area contributed by atoms with Gasteiger partial charge in [-0.05, 0) is 68.4 Å². The zero-order valence-electron chi connectivity index (χ0n) is 21.7. The number of methoxy groups -OCH3 is 2. The summed E-state index contributed by atoms with van der Waals surface area (Å²) in [7, 11) is 3.08. The quantitative estimate of drug-likeness (QED) is 0.301. The normalized spacial score (nSPS) is 15.1. The van der Waals surface area contributed by atoms with E-state index in [-0.39, 0.29) is 17.7 Å². The molecule has 0 saturated carbocycles. The van der Waals surface area contributed by atoms with Gasteiger partial charge in [0.25, 0.3) is 5.56 Å². The van der Waals surface area contributed by atoms with Crippen LogP contribution in [0.4, 0.5) is 0 Å². The van der Waals surface area contributed by atoms with Crippen molar-refractivity contribution in [1.82, 2.24) is 4.57 Å². The smallest absolute Gasteiger partial charge is 0.338 e. The first kappa shape index (κ1) is 26.5. The molecule has 0 spiro atoms. The minimum atomic E-state index is -0.839. The van der Waals surface area contributed by atoms with Crippen LogP contribution in [0.25, 0.3) is 17.4 Å². The van der Waals surface area contributed by atoms with Gasteiger partial charge in [0.2, 0.25) is 0 Å². The number of rotatable bonds is 7. The highest BCUT2D eigenvalue weighted by molar-refractivity contribution is 7.07. The van der Waals surface area contributed by atoms with Crippen molar-refractivity contribution in [2.45, 2.75) is 19.9 Å². The lowest BCUT2D eigenvalue weighted by molar-refractivity contribution is -0.139. The average molecular weight is 565 g/mol. The lowest BCUT2D eigenvalue weighted by Crippen LogP contribution is -2.40. The molecule has 10 heteroatoms. The average Bonchev–Trinajstić information content (AvgIpc) is 3.52. The van der Waals surface area contributed by atoms with Crippen LogP contribution in [0, 0.1) is 0 Å². The minimum absolute atomic E-state index is 0.177. The van der Waals surface area contributed by atoms with Gasteiger partial charge in [-0.1, -0.05) is 22.9 Å². The van der Waals surface area contributed by atoms with E-state index < -0.39 is 12.0 Å². The van der Waals surface area contributed by atoms with E-state index in [2.05, 4.69) is 4.99 Å². The molecule has 0 unspecified atom stereocenters. The van der Waals surface area contributed by atoms with Crippen LogP contribution < -0.4 is 24.4 Å². The zero-order valence-corrected chi connectivity index (χ0v) is 23.3. The highest BCUT2D eigenvalue weighted by Crippen LogP contribution is 2.37. The molecule has 2 aromatic heterocycles. The number of fused-ring (bicyclic) bond motifs is 1. The van der Waals surface area contributed by atoms with Gasteiger partial charge in [-0.15, -0.1) is 0 Å². The van der Waals surface area contributed by atoms with Crippen molar-refractivity contribution in [2.24, 2.45) is 4.99 Å². The fourth-order valence-electron chi connectivity index (χ4n) is 4.47. The number of hydrogen-bond donors (Lipinski definition) is 0. The molecule has 1 aliphatic heterocycles. The van der Waals surface area contributed by atoms with Gasteiger partial charge in [-0.25, -0.2) is 9.79 Å². The predicted octanol–water partition coefficient (Wildman–Crippen LogP) is 4.73. The van der Waals surface area contributed by atoms with Crippen LogP contribution in [0.3, 0.4) is 0 Å². The Morgan fingerprint density at radius 1 is 1.13 bits per heavy atom. The summed E-state index contributed by atoms with van der Waals surface area (Å²) in [5, 5.41) is 0.631. The number of aromatic nitrogens is 1. The highest BCUT2D eigenvalue weighted by Gasteiger charge is 2.35. The van der Waals surface area contributed by atoms with Crippen molar-refractivity contribution >= 4 is 35.0 Å². The molecule has 0 saturated heterocycles. The number of benzene rings is 2. The van der Waals surface area contributed by atoms with Crippen LogP contribution in [0.1, 0.15) is 31.2 Å². The molecule has 0 bridgehead atoms. The second kappa shape index (κ2) is 11.0. The van der Waals surface area contributed by atoms with E-state index in [1.807, 2.05) is 18.2 Å². The number of esters is 1. The Morgan fingerprint density at radius 3 is 2.59 bits per heavy atom. The molecule has 0 N–H and O–H groups in total. The molecule has 1 aliphatic rings. The van der Waals surface area contributed by atoms with Gasteiger partial charge >= 0.3 is 5.97 Å². The summed E-state index contributed by atoms with van der Waals surface area (Å²) in [5.41, 5.74) is 1.82. The van der Waals surface area contributed by atoms with Gasteiger partial charge in [0, 0.05) is 22.2 Å². The summed E-state index contributed by atoms with van der Waals surface area (Å²) >= 11 is 7.21. The number of carbonyl (C=O) groups excluding carboxylic acids is 1. The fourth-order valence-corrected chi connectivity index (χ4v) is 5.62. The van der Waals surface area contributed by atoms with Crippen molar-refractivity contribution in [1.29, 1.82) is 0 Å². The number of allylic oxidation sites excluding steroid dienone is 1. The molecule has 0 aliphatic carbocycles. The summed E-state index contributed by atoms with van der Waals surface area (Å²) < 4.78 is 24.3. The first-order valence-corrected chi connectivity index (χ1v) is 13.3. The van der Waals surface area contributed by atoms with Crippen molar-refractivity contribution < 1.29 is 23.4 Å². The number of carbonyl (C=O) groups is 1. The van der Waals surface area contributed by atoms with Crippen LogP contribution in [0.2, 0.25) is 5.02 Å². The largest absolute Gasteiger partial charge is 0.497 e. The van der Waals surface area contributed by atoms with E-state index in [1.54, 1.807) is 63.4 Å². The third-order valence-electron chi connectivity index (χ3n) is 6.28. The van der Waals surface area contributed by atoms with Crippen LogP contribution in [0.5, 0.6) is 11.5 Å². The maximum Gasteiger partial charge on any atom is 0.338 e. The molecule has 200 valence electrons. The molecule has 0 fully saturated rings. The Hall–Kier alpha value is -4.08. The van der Waals surface area contributed by atoms with Crippen molar-refractivity contribution in [3.63, 3.8) is 0 Å². The van der Waals surface area contributed by atoms with Crippen molar-refractivity contribution in [2.75, 3.05) is 20.8 Å². The number of nitrogens with zero attached hydrogens (tertiary/aromatic N) is 2. The van der Waals surface area contributed by atoms with Gasteiger partial charge in [0.05, 0.1) is 36.6 Å². The Balaban J connectivity index is 1.68. The maximum atomic E-state index is 13.9. The molecule has 39 heavy (non-hydrogen) atoms. The summed E-state index contributed by atoms with van der Waals surface area (Å²) in [4.78, 5) is 32.1. The SMILES string of the molecule is CCOC(=O)C1=C(C)N=c2s/c(=C/c3ccc(-c4ccc(Cl)cc4)o3)c(=O)n2[C@@H]1c1cc(OC)ccc1OC. The topological polar surface area (TPSA) is 92.3 Å². The van der Waals surface area contributed by atoms with E-state index in [9.17, 15) is 9.59 Å². The van der Waals surface area contributed by atoms with Gasteiger partial charge in [-0.3, -0.25) is 9.36 Å². The number of hydrogen-bond acceptors (Lipinski definition) is 8. The molecule has 2 aromatic carbocycles. The van der Waals surface area contributed by atoms with E-state index in [1.165, 1.54) is 23.0 Å². The summed E-state index contributed by atoms with van der Waals surface area (Å²) in [6, 6.07) is 15.3. The lowest BCUT2D eigenvalue weighted by Gasteiger charge is -2.26. The molecule has 4 aromatic rings. The third-order valence-corrected chi connectivity index (χ3v) is 7.51. The zero-order chi connectivity index (χ0) is 27.7. The molecule has 1 atom stereocenters. The van der Waals surface area contributed by atoms with Gasteiger partial charge in [0.15, 0.2) is 4.80 Å². The third kappa shape index (κ3) is 5.03. The van der Waals surface area contributed by atoms with Gasteiger partial charge < -0.3 is 18.6 Å². The van der Waals surface area contributed by atoms with Crippen LogP contribution >= 0.6 is 22.9 Å². The van der Waals surface area contributed by atoms with E-state index in [4.69, 9.17) is 30.2 Å². The molecule has 8 nitrogen and oxygen atoms in total. The molecule has 3 heterocycles. The maximum absolute atomic E-state index is 13.9. The Morgan fingerprint density at radius 2 is 1.90 bits per heavy atom. The number of thiazole rings is 1. The molecule has 0 radical (unpaired) electrons. The van der Waals surface area contributed by atoms with Crippen LogP contribution in [-0.2, 0) is 9.53 Å². The van der Waals surface area contributed by atoms with Crippen LogP contribution in [0.15, 0.2) is 80.1 Å². The first-order valence-electron chi connectivity index (χ1n) is 12.1. The van der Waals surface area contributed by atoms with Gasteiger partial charge in [-0.2, -0.15) is 0 Å². The Bertz CT molecular complexity index is 1760. The fraction of sp³-hybridized carbons (Fsp3) is 0.207. The van der Waals surface area contributed by atoms with E-state index in [0.717, 1.165) is 5.56 Å². The van der Waals surface area contributed by atoms with Crippen molar-refractivity contribution in [3.05, 3.63) is 102 Å².